The lowest BCUT2D eigenvalue weighted by Gasteiger charge is -2.25. The summed E-state index contributed by atoms with van der Waals surface area (Å²) < 4.78 is 0. The van der Waals surface area contributed by atoms with Gasteiger partial charge in [-0.2, -0.15) is 0 Å². The minimum absolute atomic E-state index is 0.415. The molecule has 1 rings (SSSR count). The summed E-state index contributed by atoms with van der Waals surface area (Å²) in [6.07, 6.45) is 4.43. The molecule has 0 aliphatic carbocycles. The summed E-state index contributed by atoms with van der Waals surface area (Å²) in [6, 6.07) is 0. The highest BCUT2D eigenvalue weighted by Gasteiger charge is 2.16. The molecule has 0 aromatic heterocycles. The molecular formula is C13H22N2. The second-order valence-electron chi connectivity index (χ2n) is 4.13. The van der Waals surface area contributed by atoms with E-state index in [-0.39, 0.29) is 0 Å². The minimum atomic E-state index is 0.415. The van der Waals surface area contributed by atoms with Crippen LogP contribution in [0.2, 0.25) is 0 Å². The summed E-state index contributed by atoms with van der Waals surface area (Å²) in [4.78, 5) is 7.03. The molecule has 1 aliphatic rings. The standard InChI is InChI=1S/C13H22N2/c1-6-15(7-2)13-11(4)8-10(3)9-12(5)14-13/h8-9,11H,6-7H2,1-5H3. The smallest absolute Gasteiger partial charge is 0.111 e. The average Bonchev–Trinajstić information content (AvgIpc) is 2.28. The van der Waals surface area contributed by atoms with Crippen LogP contribution >= 0.6 is 0 Å². The number of hydrogen-bond acceptors (Lipinski definition) is 2. The first-order valence-corrected chi connectivity index (χ1v) is 5.78. The van der Waals surface area contributed by atoms with Crippen LogP contribution in [0, 0.1) is 5.92 Å². The molecule has 1 atom stereocenters. The van der Waals surface area contributed by atoms with Crippen molar-refractivity contribution in [1.82, 2.24) is 4.90 Å². The molecule has 0 spiro atoms. The fourth-order valence-electron chi connectivity index (χ4n) is 2.07. The number of nitrogens with zero attached hydrogens (tertiary/aromatic N) is 2. The molecule has 0 amide bonds. The van der Waals surface area contributed by atoms with Gasteiger partial charge in [-0.1, -0.05) is 18.6 Å². The molecule has 1 aliphatic heterocycles. The third-order valence-corrected chi connectivity index (χ3v) is 2.74. The van der Waals surface area contributed by atoms with Gasteiger partial charge in [0.25, 0.3) is 0 Å². The zero-order valence-corrected chi connectivity index (χ0v) is 10.5. The molecule has 0 saturated carbocycles. The number of hydrogen-bond donors (Lipinski definition) is 0. The first kappa shape index (κ1) is 12.0. The Kier molecular flexibility index (Phi) is 4.13. The summed E-state index contributed by atoms with van der Waals surface area (Å²) in [6.45, 7) is 12.8. The molecule has 0 aromatic carbocycles. The van der Waals surface area contributed by atoms with Crippen LogP contribution in [0.1, 0.15) is 34.6 Å². The fraction of sp³-hybridized carbons (Fsp3) is 0.615. The van der Waals surface area contributed by atoms with E-state index in [0.717, 1.165) is 18.8 Å². The van der Waals surface area contributed by atoms with Crippen LogP contribution in [-0.2, 0) is 0 Å². The van der Waals surface area contributed by atoms with E-state index < -0.39 is 0 Å². The fourth-order valence-corrected chi connectivity index (χ4v) is 2.07. The first-order valence-electron chi connectivity index (χ1n) is 5.78. The maximum atomic E-state index is 4.70. The van der Waals surface area contributed by atoms with Gasteiger partial charge in [-0.15, -0.1) is 0 Å². The Labute approximate surface area is 93.4 Å². The van der Waals surface area contributed by atoms with Crippen LogP contribution in [0.4, 0.5) is 0 Å². The maximum absolute atomic E-state index is 4.70. The van der Waals surface area contributed by atoms with E-state index in [0.29, 0.717) is 5.92 Å². The Morgan fingerprint density at radius 3 is 2.40 bits per heavy atom. The molecule has 0 N–H and O–H groups in total. The van der Waals surface area contributed by atoms with Crippen LogP contribution in [0.25, 0.3) is 0 Å². The second kappa shape index (κ2) is 5.15. The molecule has 0 fully saturated rings. The van der Waals surface area contributed by atoms with Gasteiger partial charge in [0.1, 0.15) is 5.84 Å². The van der Waals surface area contributed by atoms with Gasteiger partial charge in [0.2, 0.25) is 0 Å². The Bertz CT molecular complexity index is 306. The zero-order valence-electron chi connectivity index (χ0n) is 10.5. The number of allylic oxidation sites excluding steroid dienone is 3. The van der Waals surface area contributed by atoms with Crippen molar-refractivity contribution in [1.29, 1.82) is 0 Å². The highest BCUT2D eigenvalue weighted by molar-refractivity contribution is 5.87. The van der Waals surface area contributed by atoms with Crippen molar-refractivity contribution in [2.24, 2.45) is 10.9 Å². The second-order valence-corrected chi connectivity index (χ2v) is 4.13. The van der Waals surface area contributed by atoms with Crippen LogP contribution in [0.3, 0.4) is 0 Å². The summed E-state index contributed by atoms with van der Waals surface area (Å²) in [5, 5.41) is 0. The minimum Gasteiger partial charge on any atom is -0.360 e. The van der Waals surface area contributed by atoms with E-state index in [1.54, 1.807) is 0 Å². The maximum Gasteiger partial charge on any atom is 0.111 e. The Hall–Kier alpha value is -1.05. The van der Waals surface area contributed by atoms with Gasteiger partial charge in [0.05, 0.1) is 0 Å². The van der Waals surface area contributed by atoms with E-state index in [1.165, 1.54) is 11.4 Å². The van der Waals surface area contributed by atoms with Gasteiger partial charge in [0, 0.05) is 24.7 Å². The average molecular weight is 206 g/mol. The highest BCUT2D eigenvalue weighted by Crippen LogP contribution is 2.17. The summed E-state index contributed by atoms with van der Waals surface area (Å²) >= 11 is 0. The molecular weight excluding hydrogens is 184 g/mol. The van der Waals surface area contributed by atoms with Gasteiger partial charge in [-0.05, 0) is 33.8 Å². The van der Waals surface area contributed by atoms with Crippen LogP contribution in [-0.4, -0.2) is 23.8 Å². The topological polar surface area (TPSA) is 15.6 Å². The SMILES string of the molecule is CCN(CC)C1=NC(C)=CC(C)=CC1C. The summed E-state index contributed by atoms with van der Waals surface area (Å²) in [5.74, 6) is 1.62. The van der Waals surface area contributed by atoms with E-state index >= 15 is 0 Å². The quantitative estimate of drug-likeness (QED) is 0.677. The molecule has 1 heterocycles. The van der Waals surface area contributed by atoms with Crippen LogP contribution < -0.4 is 0 Å². The van der Waals surface area contributed by atoms with Gasteiger partial charge >= 0.3 is 0 Å². The number of aliphatic imine (C=N–C) groups is 1. The van der Waals surface area contributed by atoms with Gasteiger partial charge in [0.15, 0.2) is 0 Å². The van der Waals surface area contributed by atoms with Gasteiger partial charge in [-0.25, -0.2) is 4.99 Å². The number of rotatable bonds is 2. The molecule has 15 heavy (non-hydrogen) atoms. The van der Waals surface area contributed by atoms with Crippen molar-refractivity contribution in [3.63, 3.8) is 0 Å². The third kappa shape index (κ3) is 2.95. The van der Waals surface area contributed by atoms with Crippen molar-refractivity contribution in [2.45, 2.75) is 34.6 Å². The molecule has 0 saturated heterocycles. The first-order chi connectivity index (χ1) is 7.08. The molecule has 0 aromatic rings. The molecule has 2 nitrogen and oxygen atoms in total. The molecule has 0 radical (unpaired) electrons. The van der Waals surface area contributed by atoms with E-state index in [2.05, 4.69) is 51.7 Å². The van der Waals surface area contributed by atoms with Gasteiger partial charge in [-0.3, -0.25) is 0 Å². The summed E-state index contributed by atoms with van der Waals surface area (Å²) in [7, 11) is 0. The van der Waals surface area contributed by atoms with Crippen molar-refractivity contribution in [3.05, 3.63) is 23.4 Å². The lowest BCUT2D eigenvalue weighted by atomic mass is 10.1. The Morgan fingerprint density at radius 2 is 1.87 bits per heavy atom. The molecule has 0 bridgehead atoms. The van der Waals surface area contributed by atoms with E-state index in [9.17, 15) is 0 Å². The third-order valence-electron chi connectivity index (χ3n) is 2.74. The summed E-state index contributed by atoms with van der Waals surface area (Å²) in [5.41, 5.74) is 2.42. The lowest BCUT2D eigenvalue weighted by Crippen LogP contribution is -2.34. The highest BCUT2D eigenvalue weighted by atomic mass is 15.2. The predicted molar refractivity (Wildman–Crippen MR) is 67.0 cm³/mol. The zero-order chi connectivity index (χ0) is 11.4. The van der Waals surface area contributed by atoms with E-state index in [1.807, 2.05) is 0 Å². The molecule has 84 valence electrons. The van der Waals surface area contributed by atoms with Crippen molar-refractivity contribution >= 4 is 5.84 Å². The van der Waals surface area contributed by atoms with Crippen molar-refractivity contribution in [3.8, 4) is 0 Å². The Morgan fingerprint density at radius 1 is 1.27 bits per heavy atom. The van der Waals surface area contributed by atoms with E-state index in [4.69, 9.17) is 4.99 Å². The molecule has 2 heteroatoms. The van der Waals surface area contributed by atoms with Crippen molar-refractivity contribution < 1.29 is 0 Å². The predicted octanol–water partition coefficient (Wildman–Crippen LogP) is 3.23. The van der Waals surface area contributed by atoms with Crippen LogP contribution in [0.15, 0.2) is 28.4 Å². The van der Waals surface area contributed by atoms with Crippen molar-refractivity contribution in [2.75, 3.05) is 13.1 Å². The number of amidine groups is 1. The molecule has 1 unspecified atom stereocenters. The van der Waals surface area contributed by atoms with Crippen LogP contribution in [0.5, 0.6) is 0 Å². The normalized spacial score (nSPS) is 21.4. The Balaban J connectivity index is 3.02. The van der Waals surface area contributed by atoms with Gasteiger partial charge < -0.3 is 4.90 Å². The lowest BCUT2D eigenvalue weighted by molar-refractivity contribution is 0.446. The monoisotopic (exact) mass is 206 g/mol. The largest absolute Gasteiger partial charge is 0.360 e.